The molecule has 2 aromatic rings. The van der Waals surface area contributed by atoms with Crippen LogP contribution in [0.3, 0.4) is 0 Å². The fourth-order valence-corrected chi connectivity index (χ4v) is 3.52. The summed E-state index contributed by atoms with van der Waals surface area (Å²) in [7, 11) is 0. The van der Waals surface area contributed by atoms with Crippen molar-refractivity contribution in [3.8, 4) is 0 Å². The molecule has 2 aromatic carbocycles. The van der Waals surface area contributed by atoms with Crippen molar-refractivity contribution in [1.29, 1.82) is 0 Å². The zero-order valence-corrected chi connectivity index (χ0v) is 14.4. The second-order valence-electron chi connectivity index (χ2n) is 5.99. The van der Waals surface area contributed by atoms with Crippen LogP contribution in [0.1, 0.15) is 44.7 Å². The van der Waals surface area contributed by atoms with Gasteiger partial charge in [0.25, 0.3) is 0 Å². The van der Waals surface area contributed by atoms with Gasteiger partial charge in [-0.05, 0) is 31.0 Å². The molecular formula is C21H27NO. The topological polar surface area (TPSA) is 29.1 Å². The molecular weight excluding hydrogens is 282 g/mol. The van der Waals surface area contributed by atoms with Gasteiger partial charge in [0, 0.05) is 12.5 Å². The third-order valence-corrected chi connectivity index (χ3v) is 4.53. The molecule has 0 spiro atoms. The van der Waals surface area contributed by atoms with Crippen LogP contribution in [0.2, 0.25) is 0 Å². The van der Waals surface area contributed by atoms with E-state index in [1.54, 1.807) is 0 Å². The summed E-state index contributed by atoms with van der Waals surface area (Å²) in [5.74, 6) is 0.283. The Morgan fingerprint density at radius 1 is 0.957 bits per heavy atom. The van der Waals surface area contributed by atoms with Crippen LogP contribution in [0.5, 0.6) is 0 Å². The molecule has 2 nitrogen and oxygen atoms in total. The standard InChI is InChI=1S/C21H27NO/c1-4-12-20(23)21(17(3)22-5-2,18-13-8-6-9-14-18)19-15-10-7-11-16-19/h6-11,13-17,22H,4-5,12H2,1-3H3. The number of hydrogen-bond acceptors (Lipinski definition) is 2. The molecule has 1 unspecified atom stereocenters. The number of benzene rings is 2. The first kappa shape index (κ1) is 17.4. The van der Waals surface area contributed by atoms with Gasteiger partial charge in [0.05, 0.1) is 5.41 Å². The first-order valence-electron chi connectivity index (χ1n) is 8.55. The Labute approximate surface area is 139 Å². The van der Waals surface area contributed by atoms with Gasteiger partial charge in [-0.15, -0.1) is 0 Å². The number of hydrogen-bond donors (Lipinski definition) is 1. The number of carbonyl (C=O) groups excluding carboxylic acids is 1. The van der Waals surface area contributed by atoms with Gasteiger partial charge in [0.1, 0.15) is 5.78 Å². The van der Waals surface area contributed by atoms with E-state index in [0.717, 1.165) is 24.1 Å². The Kier molecular flexibility index (Phi) is 6.12. The Morgan fingerprint density at radius 2 is 1.43 bits per heavy atom. The lowest BCUT2D eigenvalue weighted by molar-refractivity contribution is -0.124. The molecule has 0 amide bonds. The molecule has 1 N–H and O–H groups in total. The number of carbonyl (C=O) groups is 1. The van der Waals surface area contributed by atoms with Crippen molar-refractivity contribution in [3.63, 3.8) is 0 Å². The predicted molar refractivity (Wildman–Crippen MR) is 96.7 cm³/mol. The zero-order chi connectivity index (χ0) is 16.7. The Morgan fingerprint density at radius 3 is 1.83 bits per heavy atom. The second-order valence-corrected chi connectivity index (χ2v) is 5.99. The van der Waals surface area contributed by atoms with Crippen LogP contribution in [0.15, 0.2) is 60.7 Å². The van der Waals surface area contributed by atoms with E-state index in [4.69, 9.17) is 0 Å². The summed E-state index contributed by atoms with van der Waals surface area (Å²) in [6.07, 6.45) is 1.44. The molecule has 2 rings (SSSR count). The van der Waals surface area contributed by atoms with Gasteiger partial charge in [0.2, 0.25) is 0 Å². The molecule has 0 saturated heterocycles. The molecule has 0 aliphatic rings. The summed E-state index contributed by atoms with van der Waals surface area (Å²) in [6, 6.07) is 20.4. The minimum atomic E-state index is -0.644. The van der Waals surface area contributed by atoms with E-state index in [1.165, 1.54) is 0 Å². The van der Waals surface area contributed by atoms with Crippen LogP contribution in [0.25, 0.3) is 0 Å². The van der Waals surface area contributed by atoms with Crippen molar-refractivity contribution in [3.05, 3.63) is 71.8 Å². The molecule has 0 saturated carbocycles. The van der Waals surface area contributed by atoms with Crippen molar-refractivity contribution in [2.75, 3.05) is 6.54 Å². The minimum Gasteiger partial charge on any atom is -0.313 e. The molecule has 0 aromatic heterocycles. The summed E-state index contributed by atoms with van der Waals surface area (Å²) < 4.78 is 0. The van der Waals surface area contributed by atoms with E-state index in [1.807, 2.05) is 36.4 Å². The first-order chi connectivity index (χ1) is 11.2. The quantitative estimate of drug-likeness (QED) is 0.786. The smallest absolute Gasteiger partial charge is 0.149 e. The normalized spacial score (nSPS) is 12.8. The molecule has 0 aliphatic carbocycles. The van der Waals surface area contributed by atoms with Gasteiger partial charge in [-0.3, -0.25) is 4.79 Å². The lowest BCUT2D eigenvalue weighted by atomic mass is 9.65. The third kappa shape index (κ3) is 3.37. The maximum Gasteiger partial charge on any atom is 0.149 e. The molecule has 23 heavy (non-hydrogen) atoms. The van der Waals surface area contributed by atoms with E-state index in [0.29, 0.717) is 6.42 Å². The van der Waals surface area contributed by atoms with Crippen LogP contribution >= 0.6 is 0 Å². The lowest BCUT2D eigenvalue weighted by Gasteiger charge is -2.39. The van der Waals surface area contributed by atoms with Gasteiger partial charge < -0.3 is 5.32 Å². The maximum absolute atomic E-state index is 13.3. The zero-order valence-electron chi connectivity index (χ0n) is 14.4. The molecule has 0 bridgehead atoms. The number of ketones is 1. The second kappa shape index (κ2) is 8.07. The highest BCUT2D eigenvalue weighted by Gasteiger charge is 2.45. The van der Waals surface area contributed by atoms with E-state index < -0.39 is 5.41 Å². The number of Topliss-reactive ketones (excluding diaryl/α,β-unsaturated/α-hetero) is 1. The molecule has 122 valence electrons. The van der Waals surface area contributed by atoms with Crippen molar-refractivity contribution in [2.24, 2.45) is 0 Å². The third-order valence-electron chi connectivity index (χ3n) is 4.53. The van der Waals surface area contributed by atoms with Gasteiger partial charge in [-0.1, -0.05) is 74.5 Å². The Balaban J connectivity index is 2.70. The van der Waals surface area contributed by atoms with Crippen LogP contribution in [0, 0.1) is 0 Å². The number of rotatable bonds is 8. The SMILES string of the molecule is CCCC(=O)C(c1ccccc1)(c1ccccc1)C(C)NCC. The molecule has 0 fully saturated rings. The lowest BCUT2D eigenvalue weighted by Crippen LogP contribution is -2.52. The van der Waals surface area contributed by atoms with Crippen LogP contribution in [-0.2, 0) is 10.2 Å². The molecule has 0 heterocycles. The van der Waals surface area contributed by atoms with Crippen molar-refractivity contribution in [2.45, 2.75) is 45.1 Å². The monoisotopic (exact) mass is 309 g/mol. The first-order valence-corrected chi connectivity index (χ1v) is 8.55. The Bertz CT molecular complexity index is 567. The minimum absolute atomic E-state index is 0.0244. The predicted octanol–water partition coefficient (Wildman–Crippen LogP) is 4.34. The molecule has 0 aliphatic heterocycles. The van der Waals surface area contributed by atoms with E-state index in [9.17, 15) is 4.79 Å². The summed E-state index contributed by atoms with van der Waals surface area (Å²) in [4.78, 5) is 13.3. The highest BCUT2D eigenvalue weighted by Crippen LogP contribution is 2.38. The van der Waals surface area contributed by atoms with Crippen molar-refractivity contribution in [1.82, 2.24) is 5.32 Å². The summed E-state index contributed by atoms with van der Waals surface area (Å²) in [6.45, 7) is 7.11. The van der Waals surface area contributed by atoms with E-state index in [2.05, 4.69) is 50.4 Å². The maximum atomic E-state index is 13.3. The largest absolute Gasteiger partial charge is 0.313 e. The summed E-state index contributed by atoms with van der Waals surface area (Å²) >= 11 is 0. The summed E-state index contributed by atoms with van der Waals surface area (Å²) in [5, 5.41) is 3.50. The fourth-order valence-electron chi connectivity index (χ4n) is 3.52. The van der Waals surface area contributed by atoms with Gasteiger partial charge in [0.15, 0.2) is 0 Å². The van der Waals surface area contributed by atoms with Crippen molar-refractivity contribution >= 4 is 5.78 Å². The highest BCUT2D eigenvalue weighted by molar-refractivity contribution is 5.94. The molecule has 0 radical (unpaired) electrons. The molecule has 1 atom stereocenters. The van der Waals surface area contributed by atoms with Crippen LogP contribution in [0.4, 0.5) is 0 Å². The average molecular weight is 309 g/mol. The average Bonchev–Trinajstić information content (AvgIpc) is 2.58. The van der Waals surface area contributed by atoms with Crippen molar-refractivity contribution < 1.29 is 4.79 Å². The Hall–Kier alpha value is -1.93. The number of likely N-dealkylation sites (N-methyl/N-ethyl adjacent to an activating group) is 1. The highest BCUT2D eigenvalue weighted by atomic mass is 16.1. The van der Waals surface area contributed by atoms with Crippen LogP contribution < -0.4 is 5.32 Å². The van der Waals surface area contributed by atoms with Gasteiger partial charge >= 0.3 is 0 Å². The van der Waals surface area contributed by atoms with E-state index >= 15 is 0 Å². The van der Waals surface area contributed by atoms with Gasteiger partial charge in [-0.25, -0.2) is 0 Å². The van der Waals surface area contributed by atoms with E-state index in [-0.39, 0.29) is 11.8 Å². The van der Waals surface area contributed by atoms with Crippen LogP contribution in [-0.4, -0.2) is 18.4 Å². The fraction of sp³-hybridized carbons (Fsp3) is 0.381. The van der Waals surface area contributed by atoms with Gasteiger partial charge in [-0.2, -0.15) is 0 Å². The molecule has 2 heteroatoms. The number of nitrogens with one attached hydrogen (secondary N) is 1. The summed E-state index contributed by atoms with van der Waals surface area (Å²) in [5.41, 5.74) is 1.49.